The average molecular weight is 450 g/mol. The lowest BCUT2D eigenvalue weighted by molar-refractivity contribution is -0.151. The molecule has 1 aliphatic rings. The highest BCUT2D eigenvalue weighted by Gasteiger charge is 2.47. The molecule has 1 aromatic carbocycles. The number of hydrogen-bond donors (Lipinski definition) is 1. The standard InChI is InChI=1S/C17H24BrNO6S/c1-23-10-11-25-14-4-3-9-17(12-14,16(20)24-2)19-26(21,22)15-7-5-13(18)6-8-15/h5-8,14,19H,3-4,9-12H2,1-2H3/t14-,17-/m1/s1. The van der Waals surface area contributed by atoms with E-state index in [1.807, 2.05) is 0 Å². The van der Waals surface area contributed by atoms with Gasteiger partial charge < -0.3 is 14.2 Å². The normalized spacial score (nSPS) is 23.6. The third-order valence-corrected chi connectivity index (χ3v) is 6.46. The number of benzene rings is 1. The van der Waals surface area contributed by atoms with E-state index in [9.17, 15) is 13.2 Å². The number of rotatable bonds is 8. The van der Waals surface area contributed by atoms with Crippen LogP contribution >= 0.6 is 15.9 Å². The van der Waals surface area contributed by atoms with Gasteiger partial charge in [-0.3, -0.25) is 4.79 Å². The zero-order chi connectivity index (χ0) is 19.2. The summed E-state index contributed by atoms with van der Waals surface area (Å²) < 4.78 is 44.6. The number of methoxy groups -OCH3 is 2. The maximum Gasteiger partial charge on any atom is 0.327 e. The first kappa shape index (κ1) is 21.3. The molecule has 2 atom stereocenters. The monoisotopic (exact) mass is 449 g/mol. The fourth-order valence-electron chi connectivity index (χ4n) is 3.11. The van der Waals surface area contributed by atoms with Gasteiger partial charge in [0.05, 0.1) is 31.3 Å². The summed E-state index contributed by atoms with van der Waals surface area (Å²) in [5.74, 6) is -0.599. The van der Waals surface area contributed by atoms with Gasteiger partial charge >= 0.3 is 5.97 Å². The SMILES string of the molecule is COCCO[C@@H]1CCC[C@](NS(=O)(=O)c2ccc(Br)cc2)(C(=O)OC)C1. The van der Waals surface area contributed by atoms with Gasteiger partial charge in [-0.2, -0.15) is 4.72 Å². The second-order valence-electron chi connectivity index (χ2n) is 6.22. The van der Waals surface area contributed by atoms with E-state index in [1.54, 1.807) is 19.2 Å². The molecule has 1 aromatic rings. The van der Waals surface area contributed by atoms with E-state index in [-0.39, 0.29) is 17.4 Å². The summed E-state index contributed by atoms with van der Waals surface area (Å²) in [5, 5.41) is 0. The summed E-state index contributed by atoms with van der Waals surface area (Å²) in [7, 11) is -1.05. The molecule has 9 heteroatoms. The molecule has 7 nitrogen and oxygen atoms in total. The van der Waals surface area contributed by atoms with Crippen LogP contribution in [0.1, 0.15) is 25.7 Å². The lowest BCUT2D eigenvalue weighted by Gasteiger charge is -2.38. The molecular formula is C17H24BrNO6S. The molecule has 0 radical (unpaired) electrons. The maximum absolute atomic E-state index is 12.8. The molecule has 1 fully saturated rings. The van der Waals surface area contributed by atoms with Crippen molar-refractivity contribution in [2.24, 2.45) is 0 Å². The average Bonchev–Trinajstić information content (AvgIpc) is 2.61. The van der Waals surface area contributed by atoms with Crippen LogP contribution in [0.15, 0.2) is 33.6 Å². The Morgan fingerprint density at radius 1 is 1.27 bits per heavy atom. The highest BCUT2D eigenvalue weighted by molar-refractivity contribution is 9.10. The van der Waals surface area contributed by atoms with Crippen LogP contribution in [0.3, 0.4) is 0 Å². The first-order chi connectivity index (χ1) is 12.3. The predicted octanol–water partition coefficient (Wildman–Crippen LogP) is 2.24. The quantitative estimate of drug-likeness (QED) is 0.483. The fourth-order valence-corrected chi connectivity index (χ4v) is 4.77. The van der Waals surface area contributed by atoms with Gasteiger partial charge in [0.15, 0.2) is 0 Å². The van der Waals surface area contributed by atoms with Crippen molar-refractivity contribution in [3.05, 3.63) is 28.7 Å². The molecule has 0 bridgehead atoms. The maximum atomic E-state index is 12.8. The van der Waals surface area contributed by atoms with Crippen molar-refractivity contribution in [3.8, 4) is 0 Å². The minimum atomic E-state index is -3.89. The highest BCUT2D eigenvalue weighted by atomic mass is 79.9. The van der Waals surface area contributed by atoms with E-state index in [4.69, 9.17) is 14.2 Å². The Labute approximate surface area is 162 Å². The van der Waals surface area contributed by atoms with Crippen molar-refractivity contribution in [3.63, 3.8) is 0 Å². The zero-order valence-electron chi connectivity index (χ0n) is 14.9. The number of carbonyl (C=O) groups excluding carboxylic acids is 1. The molecule has 1 aliphatic carbocycles. The summed E-state index contributed by atoms with van der Waals surface area (Å²) in [6.45, 7) is 0.824. The third kappa shape index (κ3) is 5.26. The van der Waals surface area contributed by atoms with Gasteiger partial charge in [-0.15, -0.1) is 0 Å². The first-order valence-corrected chi connectivity index (χ1v) is 10.6. The Hall–Kier alpha value is -1.00. The smallest absolute Gasteiger partial charge is 0.327 e. The molecule has 1 saturated carbocycles. The number of ether oxygens (including phenoxy) is 3. The lowest BCUT2D eigenvalue weighted by Crippen LogP contribution is -2.58. The third-order valence-electron chi connectivity index (χ3n) is 4.38. The van der Waals surface area contributed by atoms with Crippen molar-refractivity contribution < 1.29 is 27.4 Å². The zero-order valence-corrected chi connectivity index (χ0v) is 17.3. The van der Waals surface area contributed by atoms with Gasteiger partial charge in [0.1, 0.15) is 5.54 Å². The van der Waals surface area contributed by atoms with Crippen LogP contribution in [-0.2, 0) is 29.0 Å². The van der Waals surface area contributed by atoms with E-state index in [2.05, 4.69) is 20.7 Å². The van der Waals surface area contributed by atoms with Gasteiger partial charge in [-0.05, 0) is 43.5 Å². The Bertz CT molecular complexity index is 708. The minimum absolute atomic E-state index is 0.0893. The topological polar surface area (TPSA) is 90.9 Å². The Morgan fingerprint density at radius 2 is 1.96 bits per heavy atom. The number of esters is 1. The molecular weight excluding hydrogens is 426 g/mol. The summed E-state index contributed by atoms with van der Waals surface area (Å²) in [6.07, 6.45) is 1.74. The molecule has 146 valence electrons. The van der Waals surface area contributed by atoms with Gasteiger partial charge in [-0.25, -0.2) is 8.42 Å². The van der Waals surface area contributed by atoms with Gasteiger partial charge in [-0.1, -0.05) is 15.9 Å². The molecule has 0 saturated heterocycles. The largest absolute Gasteiger partial charge is 0.468 e. The lowest BCUT2D eigenvalue weighted by atomic mass is 9.81. The molecule has 26 heavy (non-hydrogen) atoms. The molecule has 0 aromatic heterocycles. The summed E-state index contributed by atoms with van der Waals surface area (Å²) in [4.78, 5) is 12.6. The van der Waals surface area contributed by atoms with Crippen molar-refractivity contribution in [1.82, 2.24) is 4.72 Å². The predicted molar refractivity (Wildman–Crippen MR) is 99.3 cm³/mol. The van der Waals surface area contributed by atoms with Crippen molar-refractivity contribution in [2.45, 2.75) is 42.2 Å². The number of sulfonamides is 1. The number of carbonyl (C=O) groups is 1. The Morgan fingerprint density at radius 3 is 2.58 bits per heavy atom. The van der Waals surface area contributed by atoms with Crippen LogP contribution in [0.2, 0.25) is 0 Å². The van der Waals surface area contributed by atoms with Crippen LogP contribution in [-0.4, -0.2) is 53.5 Å². The van der Waals surface area contributed by atoms with Crippen LogP contribution in [0, 0.1) is 0 Å². The first-order valence-electron chi connectivity index (χ1n) is 8.31. The summed E-state index contributed by atoms with van der Waals surface area (Å²) in [5.41, 5.74) is -1.34. The van der Waals surface area contributed by atoms with Crippen molar-refractivity contribution >= 4 is 31.9 Å². The molecule has 1 N–H and O–H groups in total. The summed E-state index contributed by atoms with van der Waals surface area (Å²) >= 11 is 3.28. The molecule has 2 rings (SSSR count). The van der Waals surface area contributed by atoms with Crippen LogP contribution in [0.5, 0.6) is 0 Å². The van der Waals surface area contributed by atoms with Crippen molar-refractivity contribution in [1.29, 1.82) is 0 Å². The van der Waals surface area contributed by atoms with Gasteiger partial charge in [0.2, 0.25) is 10.0 Å². The number of halogens is 1. The van der Waals surface area contributed by atoms with Crippen LogP contribution in [0.4, 0.5) is 0 Å². The van der Waals surface area contributed by atoms with E-state index in [1.165, 1.54) is 19.2 Å². The molecule has 0 amide bonds. The van der Waals surface area contributed by atoms with Crippen molar-refractivity contribution in [2.75, 3.05) is 27.4 Å². The van der Waals surface area contributed by atoms with Crippen LogP contribution < -0.4 is 4.72 Å². The Balaban J connectivity index is 2.23. The van der Waals surface area contributed by atoms with E-state index in [0.717, 1.165) is 10.9 Å². The highest BCUT2D eigenvalue weighted by Crippen LogP contribution is 2.33. The minimum Gasteiger partial charge on any atom is -0.468 e. The fraction of sp³-hybridized carbons (Fsp3) is 0.588. The number of nitrogens with one attached hydrogen (secondary N) is 1. The van der Waals surface area contributed by atoms with Gasteiger partial charge in [0.25, 0.3) is 0 Å². The Kier molecular flexibility index (Phi) is 7.60. The second-order valence-corrected chi connectivity index (χ2v) is 8.81. The van der Waals surface area contributed by atoms with E-state index >= 15 is 0 Å². The molecule has 0 heterocycles. The van der Waals surface area contributed by atoms with Gasteiger partial charge in [0, 0.05) is 18.0 Å². The van der Waals surface area contributed by atoms with Crippen LogP contribution in [0.25, 0.3) is 0 Å². The van der Waals surface area contributed by atoms with E-state index in [0.29, 0.717) is 26.1 Å². The molecule has 0 unspecified atom stereocenters. The molecule has 0 spiro atoms. The summed E-state index contributed by atoms with van der Waals surface area (Å²) in [6, 6.07) is 6.23. The molecule has 0 aliphatic heterocycles. The van der Waals surface area contributed by atoms with E-state index < -0.39 is 21.5 Å². The second kappa shape index (κ2) is 9.27. The number of hydrogen-bond acceptors (Lipinski definition) is 6.